The largest absolute Gasteiger partial charge is 0.471 e. The predicted octanol–water partition coefficient (Wildman–Crippen LogP) is 2.93. The summed E-state index contributed by atoms with van der Waals surface area (Å²) in [5.74, 6) is 0. The van der Waals surface area contributed by atoms with E-state index in [1.807, 2.05) is 12.5 Å². The SMILES string of the molecule is CC1=CN2c3cc4cocc4cc3CC2N1C. The summed E-state index contributed by atoms with van der Waals surface area (Å²) in [6.07, 6.45) is 7.43. The summed E-state index contributed by atoms with van der Waals surface area (Å²) in [4.78, 5) is 4.71. The van der Waals surface area contributed by atoms with Crippen molar-refractivity contribution in [3.05, 3.63) is 42.1 Å². The Morgan fingerprint density at radius 3 is 2.82 bits per heavy atom. The van der Waals surface area contributed by atoms with Gasteiger partial charge in [-0.3, -0.25) is 0 Å². The first kappa shape index (κ1) is 9.16. The first-order valence-electron chi connectivity index (χ1n) is 5.92. The molecule has 3 heteroatoms. The lowest BCUT2D eigenvalue weighted by atomic mass is 10.1. The zero-order valence-electron chi connectivity index (χ0n) is 9.97. The number of benzene rings is 1. The van der Waals surface area contributed by atoms with Crippen LogP contribution in [-0.2, 0) is 6.42 Å². The van der Waals surface area contributed by atoms with E-state index in [0.717, 1.165) is 6.42 Å². The summed E-state index contributed by atoms with van der Waals surface area (Å²) in [6.45, 7) is 2.16. The maximum Gasteiger partial charge on any atom is 0.109 e. The quantitative estimate of drug-likeness (QED) is 0.688. The number of rotatable bonds is 0. The summed E-state index contributed by atoms with van der Waals surface area (Å²) in [6, 6.07) is 4.49. The Morgan fingerprint density at radius 1 is 1.24 bits per heavy atom. The predicted molar refractivity (Wildman–Crippen MR) is 67.7 cm³/mol. The molecule has 0 aliphatic carbocycles. The molecule has 2 aliphatic heterocycles. The summed E-state index contributed by atoms with van der Waals surface area (Å²) < 4.78 is 5.25. The minimum absolute atomic E-state index is 0.466. The van der Waals surface area contributed by atoms with E-state index in [9.17, 15) is 0 Å². The van der Waals surface area contributed by atoms with Gasteiger partial charge in [0.15, 0.2) is 0 Å². The van der Waals surface area contributed by atoms with E-state index in [1.54, 1.807) is 0 Å². The minimum atomic E-state index is 0.466. The van der Waals surface area contributed by atoms with Crippen LogP contribution in [0.2, 0.25) is 0 Å². The average molecular weight is 226 g/mol. The number of hydrogen-bond donors (Lipinski definition) is 0. The summed E-state index contributed by atoms with van der Waals surface area (Å²) in [5, 5.41) is 2.39. The third-order valence-corrected chi connectivity index (χ3v) is 4.01. The second-order valence-electron chi connectivity index (χ2n) is 4.96. The molecule has 0 saturated heterocycles. The molecule has 0 fully saturated rings. The molecule has 3 heterocycles. The van der Waals surface area contributed by atoms with Gasteiger partial charge in [0, 0.05) is 41.8 Å². The molecule has 0 bridgehead atoms. The molecule has 1 unspecified atom stereocenters. The van der Waals surface area contributed by atoms with Crippen LogP contribution in [0.4, 0.5) is 5.69 Å². The maximum absolute atomic E-state index is 5.25. The van der Waals surface area contributed by atoms with Crippen molar-refractivity contribution in [3.63, 3.8) is 0 Å². The molecule has 2 aromatic rings. The molecule has 1 aromatic carbocycles. The molecule has 86 valence electrons. The number of hydrogen-bond acceptors (Lipinski definition) is 3. The number of allylic oxidation sites excluding steroid dienone is 1. The van der Waals surface area contributed by atoms with E-state index in [2.05, 4.69) is 42.1 Å². The van der Waals surface area contributed by atoms with E-state index in [-0.39, 0.29) is 0 Å². The van der Waals surface area contributed by atoms with Crippen molar-refractivity contribution in [2.24, 2.45) is 0 Å². The number of nitrogens with zero attached hydrogens (tertiary/aromatic N) is 2. The highest BCUT2D eigenvalue weighted by molar-refractivity contribution is 5.88. The molecule has 17 heavy (non-hydrogen) atoms. The van der Waals surface area contributed by atoms with Crippen molar-refractivity contribution >= 4 is 16.5 Å². The van der Waals surface area contributed by atoms with Gasteiger partial charge in [-0.25, -0.2) is 0 Å². The third-order valence-electron chi connectivity index (χ3n) is 4.01. The van der Waals surface area contributed by atoms with Crippen LogP contribution in [0, 0.1) is 0 Å². The Hall–Kier alpha value is -1.90. The van der Waals surface area contributed by atoms with Crippen LogP contribution >= 0.6 is 0 Å². The molecule has 0 N–H and O–H groups in total. The molecule has 1 aromatic heterocycles. The number of furan rings is 1. The third kappa shape index (κ3) is 1.06. The maximum atomic E-state index is 5.25. The van der Waals surface area contributed by atoms with Gasteiger partial charge in [0.05, 0.1) is 12.5 Å². The standard InChI is InChI=1S/C14H14N2O/c1-9-6-16-13-4-12-8-17-7-11(12)3-10(13)5-14(16)15(9)2/h3-4,6-8,14H,5H2,1-2H3. The lowest BCUT2D eigenvalue weighted by molar-refractivity contribution is 0.344. The van der Waals surface area contributed by atoms with Crippen LogP contribution in [0.5, 0.6) is 0 Å². The first-order valence-corrected chi connectivity index (χ1v) is 5.92. The molecule has 0 radical (unpaired) electrons. The van der Waals surface area contributed by atoms with Gasteiger partial charge in [0.1, 0.15) is 6.17 Å². The second kappa shape index (κ2) is 2.86. The van der Waals surface area contributed by atoms with Crippen LogP contribution < -0.4 is 4.90 Å². The molecular weight excluding hydrogens is 212 g/mol. The highest BCUT2D eigenvalue weighted by Crippen LogP contribution is 2.40. The average Bonchev–Trinajstić information content (AvgIpc) is 2.95. The van der Waals surface area contributed by atoms with E-state index < -0.39 is 0 Å². The van der Waals surface area contributed by atoms with Crippen LogP contribution in [0.25, 0.3) is 10.8 Å². The minimum Gasteiger partial charge on any atom is -0.471 e. The normalized spacial score (nSPS) is 22.0. The molecule has 2 aliphatic rings. The van der Waals surface area contributed by atoms with E-state index >= 15 is 0 Å². The van der Waals surface area contributed by atoms with Crippen LogP contribution in [0.3, 0.4) is 0 Å². The fraction of sp³-hybridized carbons (Fsp3) is 0.286. The van der Waals surface area contributed by atoms with Gasteiger partial charge in [-0.2, -0.15) is 0 Å². The summed E-state index contributed by atoms with van der Waals surface area (Å²) in [7, 11) is 2.16. The monoisotopic (exact) mass is 226 g/mol. The molecule has 1 atom stereocenters. The van der Waals surface area contributed by atoms with Crippen LogP contribution in [0.1, 0.15) is 12.5 Å². The molecule has 0 saturated carbocycles. The number of anilines is 1. The zero-order chi connectivity index (χ0) is 11.6. The smallest absolute Gasteiger partial charge is 0.109 e. The van der Waals surface area contributed by atoms with Crippen molar-refractivity contribution in [2.45, 2.75) is 19.5 Å². The van der Waals surface area contributed by atoms with Crippen molar-refractivity contribution in [3.8, 4) is 0 Å². The summed E-state index contributed by atoms with van der Waals surface area (Å²) >= 11 is 0. The Kier molecular flexibility index (Phi) is 1.54. The van der Waals surface area contributed by atoms with Gasteiger partial charge in [-0.15, -0.1) is 0 Å². The van der Waals surface area contributed by atoms with Crippen LogP contribution in [-0.4, -0.2) is 18.1 Å². The van der Waals surface area contributed by atoms with Gasteiger partial charge in [-0.05, 0) is 24.6 Å². The fourth-order valence-electron chi connectivity index (χ4n) is 2.92. The molecule has 0 spiro atoms. The summed E-state index contributed by atoms with van der Waals surface area (Å²) in [5.41, 5.74) is 4.07. The Balaban J connectivity index is 1.92. The van der Waals surface area contributed by atoms with Gasteiger partial charge < -0.3 is 14.2 Å². The Labute approximate surface area is 99.9 Å². The highest BCUT2D eigenvalue weighted by Gasteiger charge is 2.35. The van der Waals surface area contributed by atoms with Crippen molar-refractivity contribution in [1.29, 1.82) is 0 Å². The highest BCUT2D eigenvalue weighted by atomic mass is 16.3. The van der Waals surface area contributed by atoms with E-state index in [0.29, 0.717) is 6.17 Å². The van der Waals surface area contributed by atoms with E-state index in [4.69, 9.17) is 4.42 Å². The zero-order valence-corrected chi connectivity index (χ0v) is 9.97. The fourth-order valence-corrected chi connectivity index (χ4v) is 2.92. The lowest BCUT2D eigenvalue weighted by Crippen LogP contribution is -2.34. The molecule has 3 nitrogen and oxygen atoms in total. The van der Waals surface area contributed by atoms with Crippen LogP contribution in [0.15, 0.2) is 41.0 Å². The Bertz CT molecular complexity index is 641. The first-order chi connectivity index (χ1) is 8.24. The van der Waals surface area contributed by atoms with Crippen molar-refractivity contribution in [1.82, 2.24) is 4.90 Å². The number of likely N-dealkylation sites (N-methyl/N-ethyl adjacent to an activating group) is 1. The van der Waals surface area contributed by atoms with Crippen molar-refractivity contribution in [2.75, 3.05) is 11.9 Å². The number of fused-ring (bicyclic) bond motifs is 4. The van der Waals surface area contributed by atoms with E-state index in [1.165, 1.54) is 27.7 Å². The van der Waals surface area contributed by atoms with Gasteiger partial charge >= 0.3 is 0 Å². The van der Waals surface area contributed by atoms with Gasteiger partial charge in [-0.1, -0.05) is 0 Å². The lowest BCUT2D eigenvalue weighted by Gasteiger charge is -2.24. The van der Waals surface area contributed by atoms with Gasteiger partial charge in [0.25, 0.3) is 0 Å². The molecular formula is C14H14N2O. The molecule has 0 amide bonds. The van der Waals surface area contributed by atoms with Gasteiger partial charge in [0.2, 0.25) is 0 Å². The second-order valence-corrected chi connectivity index (χ2v) is 4.96. The Morgan fingerprint density at radius 2 is 2.00 bits per heavy atom. The molecule has 4 rings (SSSR count). The van der Waals surface area contributed by atoms with Crippen molar-refractivity contribution < 1.29 is 4.42 Å². The topological polar surface area (TPSA) is 19.6 Å².